The summed E-state index contributed by atoms with van der Waals surface area (Å²) in [6, 6.07) is 0. The molecule has 120 valence electrons. The molecular weight excluding hydrogens is 306 g/mol. The van der Waals surface area contributed by atoms with E-state index < -0.39 is 0 Å². The topological polar surface area (TPSA) is 0 Å². The molecule has 1 aliphatic carbocycles. The number of hydrogen-bond donors (Lipinski definition) is 0. The molecule has 0 aliphatic heterocycles. The molecule has 0 aromatic carbocycles. The van der Waals surface area contributed by atoms with Gasteiger partial charge >= 0.3 is 0 Å². The van der Waals surface area contributed by atoms with Crippen LogP contribution < -0.4 is 0 Å². The minimum atomic E-state index is 0. The van der Waals surface area contributed by atoms with Crippen molar-refractivity contribution in [3.8, 4) is 0 Å². The predicted molar refractivity (Wildman–Crippen MR) is 93.7 cm³/mol. The molecule has 0 heterocycles. The van der Waals surface area contributed by atoms with Gasteiger partial charge in [0.25, 0.3) is 0 Å². The molecule has 0 radical (unpaired) electrons. The van der Waals surface area contributed by atoms with Gasteiger partial charge in [0.15, 0.2) is 0 Å². The van der Waals surface area contributed by atoms with Crippen LogP contribution in [-0.4, -0.2) is 18.5 Å². The number of rotatable bonds is 3. The summed E-state index contributed by atoms with van der Waals surface area (Å²) in [6.45, 7) is 6.92. The van der Waals surface area contributed by atoms with Gasteiger partial charge in [-0.3, -0.25) is 6.08 Å². The first-order valence-corrected chi connectivity index (χ1v) is 10.2. The Morgan fingerprint density at radius 3 is 1.65 bits per heavy atom. The van der Waals surface area contributed by atoms with Crippen molar-refractivity contribution in [2.75, 3.05) is 18.5 Å². The molecule has 0 saturated heterocycles. The normalized spacial score (nSPS) is 15.6. The van der Waals surface area contributed by atoms with Gasteiger partial charge in [-0.05, 0) is 48.0 Å². The third-order valence-electron chi connectivity index (χ3n) is 3.41. The van der Waals surface area contributed by atoms with Crippen molar-refractivity contribution in [2.24, 2.45) is 0 Å². The summed E-state index contributed by atoms with van der Waals surface area (Å²) in [5, 5.41) is 0. The van der Waals surface area contributed by atoms with Gasteiger partial charge in [0.1, 0.15) is 0 Å². The van der Waals surface area contributed by atoms with Crippen molar-refractivity contribution >= 4 is 7.92 Å². The average Bonchev–Trinajstić information content (AvgIpc) is 2.42. The van der Waals surface area contributed by atoms with Crippen LogP contribution in [-0.2, 0) is 16.5 Å². The monoisotopic (exact) mass is 338 g/mol. The number of hydrogen-bond acceptors (Lipinski definition) is 0. The fourth-order valence-electron chi connectivity index (χ4n) is 1.96. The van der Waals surface area contributed by atoms with E-state index in [0.29, 0.717) is 0 Å². The molecule has 0 bridgehead atoms. The van der Waals surface area contributed by atoms with Crippen LogP contribution >= 0.6 is 7.92 Å². The molecule has 0 saturated carbocycles. The zero-order valence-corrected chi connectivity index (χ0v) is 15.6. The van der Waals surface area contributed by atoms with E-state index in [1.54, 1.807) is 0 Å². The van der Waals surface area contributed by atoms with Gasteiger partial charge in [0, 0.05) is 16.5 Å². The Hall–Kier alpha value is 0.144. The zero-order chi connectivity index (χ0) is 14.2. The first kappa shape index (κ1) is 22.4. The van der Waals surface area contributed by atoms with Crippen LogP contribution in [0.5, 0.6) is 0 Å². The summed E-state index contributed by atoms with van der Waals surface area (Å²) in [5.74, 6) is 0. The average molecular weight is 339 g/mol. The minimum Gasteiger partial charge on any atom is -0.500 e. The molecule has 0 spiro atoms. The minimum absolute atomic E-state index is 0. The van der Waals surface area contributed by atoms with E-state index in [4.69, 9.17) is 0 Å². The molecular formula is C18H33NiP. The number of allylic oxidation sites excluding steroid dienone is 6. The van der Waals surface area contributed by atoms with Crippen LogP contribution in [0.25, 0.3) is 0 Å². The van der Waals surface area contributed by atoms with Gasteiger partial charge in [0.05, 0.1) is 18.5 Å². The Balaban J connectivity index is 0. The van der Waals surface area contributed by atoms with E-state index in [1.807, 2.05) is 0 Å². The molecule has 0 nitrogen and oxygen atoms in total. The zero-order valence-electron chi connectivity index (χ0n) is 13.6. The van der Waals surface area contributed by atoms with E-state index in [1.165, 1.54) is 37.7 Å². The van der Waals surface area contributed by atoms with Gasteiger partial charge in [0.2, 0.25) is 0 Å². The van der Waals surface area contributed by atoms with Crippen molar-refractivity contribution in [2.45, 2.75) is 59.3 Å². The quantitative estimate of drug-likeness (QED) is 0.253. The summed E-state index contributed by atoms with van der Waals surface area (Å²) < 4.78 is 0. The summed E-state index contributed by atoms with van der Waals surface area (Å²) in [6.07, 6.45) is 25.9. The molecule has 1 aliphatic rings. The molecule has 20 heavy (non-hydrogen) atoms. The van der Waals surface area contributed by atoms with E-state index in [0.717, 1.165) is 19.3 Å². The second kappa shape index (κ2) is 19.1. The molecule has 0 unspecified atom stereocenters. The Morgan fingerprint density at radius 1 is 0.750 bits per heavy atom. The van der Waals surface area contributed by atoms with Gasteiger partial charge in [-0.25, -0.2) is 0 Å². The fourth-order valence-corrected chi connectivity index (χ4v) is 3.46. The summed E-state index contributed by atoms with van der Waals surface area (Å²) >= 11 is 0. The summed E-state index contributed by atoms with van der Waals surface area (Å²) in [7, 11) is 0.137. The largest absolute Gasteiger partial charge is 0.500 e. The van der Waals surface area contributed by atoms with Crippen LogP contribution in [0.3, 0.4) is 0 Å². The Morgan fingerprint density at radius 2 is 1.20 bits per heavy atom. The Labute approximate surface area is 138 Å². The third-order valence-corrected chi connectivity index (χ3v) is 6.41. The second-order valence-electron chi connectivity index (χ2n) is 4.86. The maximum Gasteiger partial charge on any atom is 0.0543 e. The van der Waals surface area contributed by atoms with Crippen molar-refractivity contribution in [1.29, 1.82) is 0 Å². The first-order valence-electron chi connectivity index (χ1n) is 8.03. The summed E-state index contributed by atoms with van der Waals surface area (Å²) in [4.78, 5) is 0. The SMILES string of the molecule is CC[PH+](CC)CC.[C-]1=CCCC=CCCC=CCC1.[Ni]. The molecule has 0 N–H and O–H groups in total. The van der Waals surface area contributed by atoms with Crippen LogP contribution in [0.1, 0.15) is 59.3 Å². The third kappa shape index (κ3) is 16.2. The van der Waals surface area contributed by atoms with Crippen LogP contribution in [0, 0.1) is 6.08 Å². The van der Waals surface area contributed by atoms with Gasteiger partial charge in [-0.1, -0.05) is 37.1 Å². The smallest absolute Gasteiger partial charge is 0.0543 e. The van der Waals surface area contributed by atoms with Gasteiger partial charge < -0.3 is 6.08 Å². The van der Waals surface area contributed by atoms with E-state index >= 15 is 0 Å². The van der Waals surface area contributed by atoms with Crippen molar-refractivity contribution in [1.82, 2.24) is 0 Å². The Kier molecular flexibility index (Phi) is 21.5. The van der Waals surface area contributed by atoms with Crippen molar-refractivity contribution in [3.63, 3.8) is 0 Å². The second-order valence-corrected chi connectivity index (χ2v) is 8.48. The van der Waals surface area contributed by atoms with E-state index in [-0.39, 0.29) is 24.4 Å². The van der Waals surface area contributed by atoms with E-state index in [9.17, 15) is 0 Å². The van der Waals surface area contributed by atoms with Gasteiger partial charge in [-0.15, -0.1) is 0 Å². The van der Waals surface area contributed by atoms with Crippen LogP contribution in [0.4, 0.5) is 0 Å². The maximum atomic E-state index is 3.29. The molecule has 0 amide bonds. The van der Waals surface area contributed by atoms with Crippen molar-refractivity contribution in [3.05, 3.63) is 36.5 Å². The molecule has 0 aromatic heterocycles. The van der Waals surface area contributed by atoms with Crippen LogP contribution in [0.2, 0.25) is 0 Å². The van der Waals surface area contributed by atoms with Gasteiger partial charge in [-0.2, -0.15) is 6.42 Å². The molecule has 2 heteroatoms. The summed E-state index contributed by atoms with van der Waals surface area (Å²) in [5.41, 5.74) is 0. The Bertz CT molecular complexity index is 195. The first-order chi connectivity index (χ1) is 9.35. The van der Waals surface area contributed by atoms with Crippen molar-refractivity contribution < 1.29 is 16.5 Å². The maximum absolute atomic E-state index is 3.29. The molecule has 0 fully saturated rings. The molecule has 1 rings (SSSR count). The van der Waals surface area contributed by atoms with Crippen LogP contribution in [0.15, 0.2) is 30.4 Å². The molecule has 0 aromatic rings. The van der Waals surface area contributed by atoms with E-state index in [2.05, 4.69) is 57.2 Å². The predicted octanol–water partition coefficient (Wildman–Crippen LogP) is 6.07. The molecule has 0 atom stereocenters. The fraction of sp³-hybridized carbons (Fsp3) is 0.667. The standard InChI is InChI=1S/C12H17.C6H15P.Ni/c1-2-4-6-8-10-12-11-9-7-5-3-1;1-4-7(5-2)6-3;/h1-2,7-9H,3-6,11-12H2;4-6H2,1-3H3;/q-1;;/p+1.